The third kappa shape index (κ3) is 11.9. The zero-order valence-electron chi connectivity index (χ0n) is 35.2. The molecule has 0 spiro atoms. The molecule has 2 aliphatic heterocycles. The number of carbonyl (C=O) groups is 3. The van der Waals surface area contributed by atoms with Crippen LogP contribution in [0.15, 0.2) is 97.1 Å². The number of ether oxygens (including phenoxy) is 2. The van der Waals surface area contributed by atoms with Crippen molar-refractivity contribution in [1.82, 2.24) is 31.1 Å². The van der Waals surface area contributed by atoms with Gasteiger partial charge in [0.25, 0.3) is 0 Å². The number of nitrogens with zero attached hydrogens (tertiary/aromatic N) is 2. The van der Waals surface area contributed by atoms with E-state index in [1.54, 1.807) is 14.1 Å². The quantitative estimate of drug-likeness (QED) is 0.116. The maximum atomic E-state index is 14.7. The zero-order chi connectivity index (χ0) is 41.6. The van der Waals surface area contributed by atoms with Crippen LogP contribution in [0.25, 0.3) is 11.1 Å². The largest absolute Gasteiger partial charge is 0.489 e. The Morgan fingerprint density at radius 2 is 1.37 bits per heavy atom. The summed E-state index contributed by atoms with van der Waals surface area (Å²) in [6, 6.07) is 30.1. The van der Waals surface area contributed by atoms with Crippen LogP contribution in [0.4, 0.5) is 0 Å². The van der Waals surface area contributed by atoms with Crippen LogP contribution < -0.4 is 30.7 Å². The summed E-state index contributed by atoms with van der Waals surface area (Å²) >= 11 is 0. The van der Waals surface area contributed by atoms with Crippen molar-refractivity contribution in [3.05, 3.63) is 119 Å². The van der Waals surface area contributed by atoms with Crippen LogP contribution in [0.1, 0.15) is 60.8 Å². The number of likely N-dealkylation sites (tertiary alicyclic amines) is 1. The van der Waals surface area contributed by atoms with Gasteiger partial charge in [-0.2, -0.15) is 0 Å². The van der Waals surface area contributed by atoms with E-state index in [9.17, 15) is 14.4 Å². The molecule has 3 amide bonds. The summed E-state index contributed by atoms with van der Waals surface area (Å²) in [6.45, 7) is 2.94. The third-order valence-corrected chi connectivity index (χ3v) is 11.8. The highest BCUT2D eigenvalue weighted by molar-refractivity contribution is 5.93. The average molecular weight is 803 g/mol. The van der Waals surface area contributed by atoms with E-state index in [-0.39, 0.29) is 24.1 Å². The topological polar surface area (TPSA) is 124 Å². The van der Waals surface area contributed by atoms with Gasteiger partial charge in [-0.25, -0.2) is 0 Å². The second kappa shape index (κ2) is 21.7. The van der Waals surface area contributed by atoms with Gasteiger partial charge in [0.1, 0.15) is 36.8 Å². The van der Waals surface area contributed by atoms with Crippen LogP contribution in [0.5, 0.6) is 11.5 Å². The molecule has 2 aliphatic rings. The van der Waals surface area contributed by atoms with Crippen LogP contribution in [-0.4, -0.2) is 99.5 Å². The van der Waals surface area contributed by atoms with Crippen LogP contribution in [0.3, 0.4) is 0 Å². The molecule has 1 unspecified atom stereocenters. The van der Waals surface area contributed by atoms with Crippen LogP contribution in [-0.2, 0) is 40.4 Å². The van der Waals surface area contributed by atoms with Gasteiger partial charge in [0.2, 0.25) is 17.7 Å². The van der Waals surface area contributed by atoms with Gasteiger partial charge in [0.15, 0.2) is 0 Å². The lowest BCUT2D eigenvalue weighted by molar-refractivity contribution is -0.142. The molecule has 0 saturated carbocycles. The second-order valence-corrected chi connectivity index (χ2v) is 15.9. The van der Waals surface area contributed by atoms with E-state index in [0.717, 1.165) is 52.8 Å². The normalized spacial score (nSPS) is 20.2. The summed E-state index contributed by atoms with van der Waals surface area (Å²) in [5.74, 6) is 0.463. The number of likely N-dealkylation sites (N-methyl/N-ethyl adjacent to an activating group) is 2. The molecule has 4 aromatic rings. The van der Waals surface area contributed by atoms with Gasteiger partial charge in [-0.1, -0.05) is 79.2 Å². The lowest BCUT2D eigenvalue weighted by Gasteiger charge is -2.34. The molecule has 1 fully saturated rings. The van der Waals surface area contributed by atoms with Crippen molar-refractivity contribution in [2.45, 2.75) is 88.7 Å². The van der Waals surface area contributed by atoms with Crippen molar-refractivity contribution in [3.8, 4) is 22.6 Å². The number of hydrogen-bond acceptors (Lipinski definition) is 8. The second-order valence-electron chi connectivity index (χ2n) is 15.9. The number of hydrogen-bond donors (Lipinski definition) is 4. The Balaban J connectivity index is 1.40. The van der Waals surface area contributed by atoms with Gasteiger partial charge in [0, 0.05) is 32.5 Å². The minimum Gasteiger partial charge on any atom is -0.489 e. The van der Waals surface area contributed by atoms with Crippen LogP contribution in [0, 0.1) is 0 Å². The van der Waals surface area contributed by atoms with Crippen molar-refractivity contribution in [2.24, 2.45) is 0 Å². The van der Waals surface area contributed by atoms with E-state index in [1.807, 2.05) is 92.0 Å². The number of amides is 3. The van der Waals surface area contributed by atoms with Crippen LogP contribution >= 0.6 is 0 Å². The first-order chi connectivity index (χ1) is 28.7. The highest BCUT2D eigenvalue weighted by Crippen LogP contribution is 2.33. The van der Waals surface area contributed by atoms with E-state index in [0.29, 0.717) is 63.1 Å². The first-order valence-electron chi connectivity index (χ1n) is 21.2. The lowest BCUT2D eigenvalue weighted by Crippen LogP contribution is -2.57. The minimum atomic E-state index is -0.876. The fourth-order valence-electron chi connectivity index (χ4n) is 8.15. The summed E-state index contributed by atoms with van der Waals surface area (Å²) in [6.07, 6.45) is 5.88. The highest BCUT2D eigenvalue weighted by atomic mass is 16.5. The molecular weight excluding hydrogens is 741 g/mol. The van der Waals surface area contributed by atoms with Gasteiger partial charge in [0.05, 0.1) is 6.04 Å². The zero-order valence-corrected chi connectivity index (χ0v) is 35.2. The van der Waals surface area contributed by atoms with E-state index >= 15 is 0 Å². The average Bonchev–Trinajstić information content (AvgIpc) is 3.26. The predicted molar refractivity (Wildman–Crippen MR) is 233 cm³/mol. The molecule has 0 radical (unpaired) electrons. The maximum absolute atomic E-state index is 14.7. The number of carbonyl (C=O) groups excluding carboxylic acids is 3. The summed E-state index contributed by atoms with van der Waals surface area (Å²) in [5.41, 5.74) is 5.55. The fraction of sp³-hybridized carbons (Fsp3) is 0.438. The Bertz CT molecular complexity index is 1980. The molecule has 11 heteroatoms. The highest BCUT2D eigenvalue weighted by Gasteiger charge is 2.34. The third-order valence-electron chi connectivity index (χ3n) is 11.8. The first kappa shape index (κ1) is 43.4. The summed E-state index contributed by atoms with van der Waals surface area (Å²) in [5, 5.41) is 12.7. The van der Waals surface area contributed by atoms with Crippen molar-refractivity contribution in [2.75, 3.05) is 47.8 Å². The van der Waals surface area contributed by atoms with Crippen LogP contribution in [0.2, 0.25) is 0 Å². The Morgan fingerprint density at radius 3 is 1.95 bits per heavy atom. The van der Waals surface area contributed by atoms with E-state index in [2.05, 4.69) is 45.3 Å². The van der Waals surface area contributed by atoms with Gasteiger partial charge >= 0.3 is 0 Å². The van der Waals surface area contributed by atoms with E-state index in [1.165, 1.54) is 17.7 Å². The molecule has 0 aromatic heterocycles. The van der Waals surface area contributed by atoms with E-state index in [4.69, 9.17) is 9.47 Å². The smallest absolute Gasteiger partial charge is 0.245 e. The first-order valence-corrected chi connectivity index (χ1v) is 21.2. The molecule has 1 saturated heterocycles. The molecular formula is C48H62N6O5. The molecule has 4 atom stereocenters. The number of nitrogens with one attached hydrogen (secondary N) is 4. The van der Waals surface area contributed by atoms with Gasteiger partial charge in [-0.15, -0.1) is 0 Å². The maximum Gasteiger partial charge on any atom is 0.245 e. The molecule has 11 nitrogen and oxygen atoms in total. The number of benzene rings is 4. The Morgan fingerprint density at radius 1 is 0.763 bits per heavy atom. The predicted octanol–water partition coefficient (Wildman–Crippen LogP) is 5.50. The lowest BCUT2D eigenvalue weighted by atomic mass is 9.95. The van der Waals surface area contributed by atoms with Crippen molar-refractivity contribution in [3.63, 3.8) is 0 Å². The molecule has 0 aliphatic carbocycles. The van der Waals surface area contributed by atoms with Crippen molar-refractivity contribution in [1.29, 1.82) is 0 Å². The Hall–Kier alpha value is -5.23. The summed E-state index contributed by atoms with van der Waals surface area (Å²) in [7, 11) is 7.45. The van der Waals surface area contributed by atoms with E-state index < -0.39 is 18.1 Å². The van der Waals surface area contributed by atoms with Crippen molar-refractivity contribution < 1.29 is 23.9 Å². The molecule has 6 rings (SSSR count). The number of piperidine rings is 1. The summed E-state index contributed by atoms with van der Waals surface area (Å²) in [4.78, 5) is 47.2. The molecule has 4 aromatic carbocycles. The van der Waals surface area contributed by atoms with Gasteiger partial charge in [-0.05, 0) is 124 Å². The summed E-state index contributed by atoms with van der Waals surface area (Å²) < 4.78 is 12.9. The standard InChI is InChI=1S/C48H62N6O5/c1-49-25-13-19-41-48(57)54(4)43(47(56)51-26-24-40-18-11-12-27-53(40)3)31-39-29-37(21-23-45(39)59-33-35-16-9-6-10-17-35)36-20-22-44(58-32-34-14-7-5-8-15-34)38(28-36)30-42(50-2)46(55)52-41/h5-10,14-17,20-23,28-29,40-43,49-50H,11-13,18-19,24-27,30-33H2,1-4H3,(H,51,56)(H,52,55)/t40?,41-,42-,43-/m0/s1. The Kier molecular flexibility index (Phi) is 15.9. The molecule has 4 bridgehead atoms. The van der Waals surface area contributed by atoms with Gasteiger partial charge in [-0.3, -0.25) is 14.4 Å². The Labute approximate surface area is 350 Å². The SMILES string of the molecule is CNCCC[C@@H]1NC(=O)[C@@H](NC)Cc2cc(ccc2OCc2ccccc2)-c2ccc(OCc3ccccc3)c(c2)C[C@@H](C(=O)NCCC2CCCCN2C)N(C)C1=O. The fourth-order valence-corrected chi connectivity index (χ4v) is 8.15. The molecule has 4 N–H and O–H groups in total. The van der Waals surface area contributed by atoms with Crippen molar-refractivity contribution >= 4 is 17.7 Å². The molecule has 314 valence electrons. The monoisotopic (exact) mass is 802 g/mol. The molecule has 59 heavy (non-hydrogen) atoms. The number of rotatable bonds is 15. The molecule has 2 heterocycles. The minimum absolute atomic E-state index is 0.205. The van der Waals surface area contributed by atoms with Gasteiger partial charge < -0.3 is 40.5 Å². The number of fused-ring (bicyclic) bond motifs is 5.